The van der Waals surface area contributed by atoms with Crippen LogP contribution in [-0.2, 0) is 13.0 Å². The summed E-state index contributed by atoms with van der Waals surface area (Å²) in [6.45, 7) is 7.34. The van der Waals surface area contributed by atoms with Crippen LogP contribution in [0, 0.1) is 17.8 Å². The number of nitrogens with two attached hydrogens (primary N) is 1. The minimum absolute atomic E-state index is 0.397. The van der Waals surface area contributed by atoms with Gasteiger partial charge >= 0.3 is 0 Å². The highest BCUT2D eigenvalue weighted by molar-refractivity contribution is 4.97. The fourth-order valence-electron chi connectivity index (χ4n) is 3.52. The third-order valence-electron chi connectivity index (χ3n) is 4.45. The molecule has 2 aliphatic rings. The van der Waals surface area contributed by atoms with E-state index in [0.717, 1.165) is 43.7 Å². The van der Waals surface area contributed by atoms with Crippen LogP contribution in [0.3, 0.4) is 0 Å². The van der Waals surface area contributed by atoms with E-state index in [9.17, 15) is 0 Å². The molecule has 106 valence electrons. The van der Waals surface area contributed by atoms with E-state index in [1.807, 2.05) is 0 Å². The molecular weight excluding hydrogens is 240 g/mol. The Morgan fingerprint density at radius 1 is 1.37 bits per heavy atom. The lowest BCUT2D eigenvalue weighted by molar-refractivity contribution is 0.249. The van der Waals surface area contributed by atoms with Crippen molar-refractivity contribution < 1.29 is 4.52 Å². The average molecular weight is 264 g/mol. The molecule has 2 heterocycles. The van der Waals surface area contributed by atoms with Gasteiger partial charge in [-0.2, -0.15) is 4.98 Å². The van der Waals surface area contributed by atoms with Crippen molar-refractivity contribution in [2.24, 2.45) is 23.5 Å². The van der Waals surface area contributed by atoms with Crippen LogP contribution in [0.1, 0.15) is 38.4 Å². The summed E-state index contributed by atoms with van der Waals surface area (Å²) in [5.74, 6) is 3.62. The molecule has 2 N–H and O–H groups in total. The van der Waals surface area contributed by atoms with E-state index in [2.05, 4.69) is 28.9 Å². The molecular formula is C14H24N4O. The minimum Gasteiger partial charge on any atom is -0.338 e. The first-order valence-electron chi connectivity index (χ1n) is 7.41. The number of hydrogen-bond donors (Lipinski definition) is 1. The van der Waals surface area contributed by atoms with Gasteiger partial charge in [-0.25, -0.2) is 0 Å². The molecule has 0 bridgehead atoms. The maximum Gasteiger partial charge on any atom is 0.240 e. The lowest BCUT2D eigenvalue weighted by Gasteiger charge is -2.15. The zero-order valence-electron chi connectivity index (χ0n) is 11.9. The Morgan fingerprint density at radius 2 is 2.21 bits per heavy atom. The van der Waals surface area contributed by atoms with Crippen molar-refractivity contribution in [3.8, 4) is 0 Å². The molecule has 5 heteroatoms. The van der Waals surface area contributed by atoms with Gasteiger partial charge in [0.25, 0.3) is 0 Å². The van der Waals surface area contributed by atoms with Gasteiger partial charge in [0, 0.05) is 25.6 Å². The number of fused-ring (bicyclic) bond motifs is 1. The quantitative estimate of drug-likeness (QED) is 0.891. The molecule has 1 aromatic heterocycles. The van der Waals surface area contributed by atoms with Gasteiger partial charge in [-0.3, -0.25) is 4.90 Å². The summed E-state index contributed by atoms with van der Waals surface area (Å²) in [6.07, 6.45) is 3.37. The maximum absolute atomic E-state index is 6.16. The monoisotopic (exact) mass is 264 g/mol. The van der Waals surface area contributed by atoms with Crippen LogP contribution in [0.4, 0.5) is 0 Å². The third-order valence-corrected chi connectivity index (χ3v) is 4.45. The van der Waals surface area contributed by atoms with Gasteiger partial charge in [0.1, 0.15) is 0 Å². The molecule has 0 spiro atoms. The van der Waals surface area contributed by atoms with E-state index >= 15 is 0 Å². The largest absolute Gasteiger partial charge is 0.338 e. The third kappa shape index (κ3) is 2.82. The molecule has 1 aliphatic heterocycles. The molecule has 1 saturated heterocycles. The molecule has 2 fully saturated rings. The molecule has 1 aliphatic carbocycles. The number of likely N-dealkylation sites (tertiary alicyclic amines) is 1. The zero-order valence-corrected chi connectivity index (χ0v) is 11.9. The zero-order chi connectivity index (χ0) is 13.4. The Bertz CT molecular complexity index is 431. The van der Waals surface area contributed by atoms with Crippen LogP contribution in [0.2, 0.25) is 0 Å². The summed E-state index contributed by atoms with van der Waals surface area (Å²) >= 11 is 0. The summed E-state index contributed by atoms with van der Waals surface area (Å²) in [5, 5.41) is 4.05. The van der Waals surface area contributed by atoms with Crippen molar-refractivity contribution in [1.29, 1.82) is 0 Å². The highest BCUT2D eigenvalue weighted by Gasteiger charge is 2.41. The lowest BCUT2D eigenvalue weighted by atomic mass is 9.98. The molecule has 3 rings (SSSR count). The SMILES string of the molecule is CC(C)Cc1noc(CN2CC3CCC(N)C3C2)n1. The fourth-order valence-corrected chi connectivity index (χ4v) is 3.52. The van der Waals surface area contributed by atoms with Crippen molar-refractivity contribution >= 4 is 0 Å². The van der Waals surface area contributed by atoms with Gasteiger partial charge in [-0.05, 0) is 30.6 Å². The van der Waals surface area contributed by atoms with E-state index in [1.54, 1.807) is 0 Å². The van der Waals surface area contributed by atoms with Crippen molar-refractivity contribution in [3.63, 3.8) is 0 Å². The van der Waals surface area contributed by atoms with Crippen LogP contribution in [0.5, 0.6) is 0 Å². The molecule has 1 saturated carbocycles. The number of rotatable bonds is 4. The van der Waals surface area contributed by atoms with Crippen LogP contribution < -0.4 is 5.73 Å². The molecule has 1 aromatic rings. The first kappa shape index (κ1) is 13.1. The summed E-state index contributed by atoms with van der Waals surface area (Å²) in [5.41, 5.74) is 6.16. The summed E-state index contributed by atoms with van der Waals surface area (Å²) in [7, 11) is 0. The van der Waals surface area contributed by atoms with E-state index in [0.29, 0.717) is 17.9 Å². The van der Waals surface area contributed by atoms with Crippen LogP contribution in [0.25, 0.3) is 0 Å². The second-order valence-electron chi connectivity index (χ2n) is 6.56. The molecule has 3 atom stereocenters. The van der Waals surface area contributed by atoms with Gasteiger partial charge < -0.3 is 10.3 Å². The summed E-state index contributed by atoms with van der Waals surface area (Å²) in [6, 6.07) is 0.397. The molecule has 0 aromatic carbocycles. The fraction of sp³-hybridized carbons (Fsp3) is 0.857. The van der Waals surface area contributed by atoms with Crippen LogP contribution in [-0.4, -0.2) is 34.2 Å². The second kappa shape index (κ2) is 5.21. The summed E-state index contributed by atoms with van der Waals surface area (Å²) in [4.78, 5) is 6.89. The topological polar surface area (TPSA) is 68.2 Å². The van der Waals surface area contributed by atoms with Crippen LogP contribution >= 0.6 is 0 Å². The van der Waals surface area contributed by atoms with E-state index in [1.165, 1.54) is 12.8 Å². The average Bonchev–Trinajstić information content (AvgIpc) is 2.99. The van der Waals surface area contributed by atoms with Gasteiger partial charge in [-0.15, -0.1) is 0 Å². The predicted molar refractivity (Wildman–Crippen MR) is 72.3 cm³/mol. The van der Waals surface area contributed by atoms with E-state index in [4.69, 9.17) is 10.3 Å². The van der Waals surface area contributed by atoms with E-state index in [-0.39, 0.29) is 0 Å². The minimum atomic E-state index is 0.397. The molecule has 19 heavy (non-hydrogen) atoms. The smallest absolute Gasteiger partial charge is 0.240 e. The van der Waals surface area contributed by atoms with Gasteiger partial charge in [-0.1, -0.05) is 19.0 Å². The standard InChI is InChI=1S/C14H24N4O/c1-9(2)5-13-16-14(19-17-13)8-18-6-10-3-4-12(15)11(10)7-18/h9-12H,3-8,15H2,1-2H3. The Hall–Kier alpha value is -0.940. The molecule has 0 amide bonds. The Kier molecular flexibility index (Phi) is 3.58. The number of hydrogen-bond acceptors (Lipinski definition) is 5. The maximum atomic E-state index is 6.16. The van der Waals surface area contributed by atoms with Crippen molar-refractivity contribution in [2.75, 3.05) is 13.1 Å². The second-order valence-corrected chi connectivity index (χ2v) is 6.56. The Morgan fingerprint density at radius 3 is 2.95 bits per heavy atom. The number of aromatic nitrogens is 2. The summed E-state index contributed by atoms with van der Waals surface area (Å²) < 4.78 is 5.34. The number of nitrogens with zero attached hydrogens (tertiary/aromatic N) is 3. The predicted octanol–water partition coefficient (Wildman–Crippen LogP) is 1.44. The molecule has 3 unspecified atom stereocenters. The normalized spacial score (nSPS) is 31.3. The van der Waals surface area contributed by atoms with E-state index < -0.39 is 0 Å². The highest BCUT2D eigenvalue weighted by atomic mass is 16.5. The Balaban J connectivity index is 1.56. The van der Waals surface area contributed by atoms with Crippen LogP contribution in [0.15, 0.2) is 4.52 Å². The molecule has 5 nitrogen and oxygen atoms in total. The van der Waals surface area contributed by atoms with Crippen molar-refractivity contribution in [3.05, 3.63) is 11.7 Å². The molecule has 0 radical (unpaired) electrons. The van der Waals surface area contributed by atoms with Crippen molar-refractivity contribution in [2.45, 2.75) is 45.7 Å². The van der Waals surface area contributed by atoms with Gasteiger partial charge in [0.2, 0.25) is 5.89 Å². The first-order chi connectivity index (χ1) is 9.11. The highest BCUT2D eigenvalue weighted by Crippen LogP contribution is 2.37. The van der Waals surface area contributed by atoms with Crippen molar-refractivity contribution in [1.82, 2.24) is 15.0 Å². The Labute approximate surface area is 114 Å². The van der Waals surface area contributed by atoms with Gasteiger partial charge in [0.05, 0.1) is 6.54 Å². The lowest BCUT2D eigenvalue weighted by Crippen LogP contribution is -2.30. The first-order valence-corrected chi connectivity index (χ1v) is 7.41. The van der Waals surface area contributed by atoms with Gasteiger partial charge in [0.15, 0.2) is 5.82 Å².